The maximum atomic E-state index is 7.45. The van der Waals surface area contributed by atoms with Crippen LogP contribution >= 0.6 is 11.6 Å². The molecule has 3 nitrogen and oxygen atoms in total. The summed E-state index contributed by atoms with van der Waals surface area (Å²) in [4.78, 5) is 2.56. The third-order valence-electron chi connectivity index (χ3n) is 4.11. The first-order chi connectivity index (χ1) is 9.61. The van der Waals surface area contributed by atoms with Crippen molar-refractivity contribution in [1.82, 2.24) is 4.90 Å². The molecule has 1 aromatic carbocycles. The number of hydrogen-bond donors (Lipinski definition) is 2. The summed E-state index contributed by atoms with van der Waals surface area (Å²) >= 11 is 6.34. The molecule has 0 radical (unpaired) electrons. The number of nitrogens with two attached hydrogens (primary N) is 1. The van der Waals surface area contributed by atoms with Gasteiger partial charge in [-0.2, -0.15) is 0 Å². The van der Waals surface area contributed by atoms with Gasteiger partial charge in [0.25, 0.3) is 0 Å². The lowest BCUT2D eigenvalue weighted by Crippen LogP contribution is -2.38. The Labute approximate surface area is 126 Å². The normalized spacial score (nSPS) is 20.0. The van der Waals surface area contributed by atoms with Crippen LogP contribution in [0.5, 0.6) is 0 Å². The zero-order valence-electron chi connectivity index (χ0n) is 12.2. The molecular formula is C16H24ClN3. The quantitative estimate of drug-likeness (QED) is 0.641. The van der Waals surface area contributed by atoms with Gasteiger partial charge < -0.3 is 5.73 Å². The van der Waals surface area contributed by atoms with Crippen molar-refractivity contribution < 1.29 is 0 Å². The Morgan fingerprint density at radius 3 is 2.90 bits per heavy atom. The fourth-order valence-corrected chi connectivity index (χ4v) is 3.23. The number of hydrogen-bond acceptors (Lipinski definition) is 2. The van der Waals surface area contributed by atoms with E-state index in [0.29, 0.717) is 11.6 Å². The lowest BCUT2D eigenvalue weighted by molar-refractivity contribution is 0.131. The summed E-state index contributed by atoms with van der Waals surface area (Å²) in [5.41, 5.74) is 7.33. The second-order valence-electron chi connectivity index (χ2n) is 5.63. The van der Waals surface area contributed by atoms with Crippen LogP contribution < -0.4 is 5.73 Å². The van der Waals surface area contributed by atoms with Crippen LogP contribution in [0.3, 0.4) is 0 Å². The Kier molecular flexibility index (Phi) is 5.44. The van der Waals surface area contributed by atoms with Crippen molar-refractivity contribution >= 4 is 17.4 Å². The van der Waals surface area contributed by atoms with E-state index in [2.05, 4.69) is 11.8 Å². The molecule has 1 aliphatic rings. The first-order valence-electron chi connectivity index (χ1n) is 7.48. The molecule has 1 aliphatic heterocycles. The standard InChI is InChI=1S/C16H24ClN3/c1-2-5-14-6-3-4-9-20(14)11-13-8-7-12(16(18)19)10-15(13)17/h7-8,10,14H,2-6,9,11H2,1H3,(H3,18,19). The van der Waals surface area contributed by atoms with Gasteiger partial charge in [-0.25, -0.2) is 0 Å². The van der Waals surface area contributed by atoms with Crippen LogP contribution in [0.1, 0.15) is 50.2 Å². The second kappa shape index (κ2) is 7.09. The number of nitrogens with one attached hydrogen (secondary N) is 1. The smallest absolute Gasteiger partial charge is 0.122 e. The van der Waals surface area contributed by atoms with Gasteiger partial charge in [0.05, 0.1) is 0 Å². The highest BCUT2D eigenvalue weighted by atomic mass is 35.5. The van der Waals surface area contributed by atoms with Crippen LogP contribution in [-0.4, -0.2) is 23.3 Å². The van der Waals surface area contributed by atoms with Gasteiger partial charge in [0.2, 0.25) is 0 Å². The highest BCUT2D eigenvalue weighted by Gasteiger charge is 2.22. The Bertz CT molecular complexity index is 471. The summed E-state index contributed by atoms with van der Waals surface area (Å²) in [7, 11) is 0. The van der Waals surface area contributed by atoms with Crippen LogP contribution in [0.2, 0.25) is 5.02 Å². The molecule has 1 fully saturated rings. The molecule has 0 saturated carbocycles. The number of amidine groups is 1. The minimum Gasteiger partial charge on any atom is -0.384 e. The van der Waals surface area contributed by atoms with E-state index in [1.807, 2.05) is 12.1 Å². The first-order valence-corrected chi connectivity index (χ1v) is 7.86. The van der Waals surface area contributed by atoms with Crippen molar-refractivity contribution in [3.8, 4) is 0 Å². The van der Waals surface area contributed by atoms with E-state index in [1.165, 1.54) is 32.1 Å². The van der Waals surface area contributed by atoms with Gasteiger partial charge in [-0.05, 0) is 37.4 Å². The van der Waals surface area contributed by atoms with E-state index >= 15 is 0 Å². The number of halogens is 1. The molecule has 1 atom stereocenters. The number of nitrogen functional groups attached to an aromatic ring is 1. The SMILES string of the molecule is CCCC1CCCCN1Cc1ccc(C(=N)N)cc1Cl. The molecule has 110 valence electrons. The summed E-state index contributed by atoms with van der Waals surface area (Å²) in [6, 6.07) is 6.40. The summed E-state index contributed by atoms with van der Waals surface area (Å²) < 4.78 is 0. The van der Waals surface area contributed by atoms with Crippen molar-refractivity contribution in [2.45, 2.75) is 51.6 Å². The lowest BCUT2D eigenvalue weighted by Gasteiger charge is -2.36. The molecule has 0 amide bonds. The number of likely N-dealkylation sites (tertiary alicyclic amines) is 1. The third-order valence-corrected chi connectivity index (χ3v) is 4.46. The highest BCUT2D eigenvalue weighted by Crippen LogP contribution is 2.26. The highest BCUT2D eigenvalue weighted by molar-refractivity contribution is 6.31. The number of rotatable bonds is 5. The number of benzene rings is 1. The maximum Gasteiger partial charge on any atom is 0.122 e. The maximum absolute atomic E-state index is 7.45. The van der Waals surface area contributed by atoms with Crippen LogP contribution in [0, 0.1) is 5.41 Å². The van der Waals surface area contributed by atoms with Gasteiger partial charge in [-0.3, -0.25) is 10.3 Å². The topological polar surface area (TPSA) is 53.1 Å². The Hall–Kier alpha value is -1.06. The molecular weight excluding hydrogens is 270 g/mol. The fraction of sp³-hybridized carbons (Fsp3) is 0.562. The lowest BCUT2D eigenvalue weighted by atomic mass is 9.97. The van der Waals surface area contributed by atoms with Crippen LogP contribution in [0.25, 0.3) is 0 Å². The van der Waals surface area contributed by atoms with Crippen LogP contribution in [-0.2, 0) is 6.54 Å². The van der Waals surface area contributed by atoms with Gasteiger partial charge >= 0.3 is 0 Å². The van der Waals surface area contributed by atoms with Gasteiger partial charge in [-0.1, -0.05) is 43.5 Å². The molecule has 1 heterocycles. The molecule has 0 aliphatic carbocycles. The molecule has 3 N–H and O–H groups in total. The third kappa shape index (κ3) is 3.74. The zero-order chi connectivity index (χ0) is 14.5. The second-order valence-corrected chi connectivity index (χ2v) is 6.04. The molecule has 0 spiro atoms. The predicted octanol–water partition coefficient (Wildman–Crippen LogP) is 3.78. The summed E-state index contributed by atoms with van der Waals surface area (Å²) in [6.45, 7) is 4.32. The van der Waals surface area contributed by atoms with Gasteiger partial charge in [0.1, 0.15) is 5.84 Å². The molecule has 1 saturated heterocycles. The minimum atomic E-state index is 0.0697. The van der Waals surface area contributed by atoms with E-state index < -0.39 is 0 Å². The zero-order valence-corrected chi connectivity index (χ0v) is 12.9. The van der Waals surface area contributed by atoms with Gasteiger partial charge in [0.15, 0.2) is 0 Å². The molecule has 4 heteroatoms. The molecule has 0 bridgehead atoms. The monoisotopic (exact) mass is 293 g/mol. The van der Waals surface area contributed by atoms with Crippen molar-refractivity contribution in [1.29, 1.82) is 5.41 Å². The minimum absolute atomic E-state index is 0.0697. The van der Waals surface area contributed by atoms with E-state index in [0.717, 1.165) is 23.7 Å². The van der Waals surface area contributed by atoms with Crippen LogP contribution in [0.4, 0.5) is 0 Å². The van der Waals surface area contributed by atoms with Gasteiger partial charge in [0, 0.05) is 23.2 Å². The van der Waals surface area contributed by atoms with Crippen LogP contribution in [0.15, 0.2) is 18.2 Å². The van der Waals surface area contributed by atoms with Crippen molar-refractivity contribution in [3.63, 3.8) is 0 Å². The average Bonchev–Trinajstić information content (AvgIpc) is 2.43. The molecule has 1 unspecified atom stereocenters. The van der Waals surface area contributed by atoms with Crippen molar-refractivity contribution in [3.05, 3.63) is 34.3 Å². The summed E-state index contributed by atoms with van der Waals surface area (Å²) in [5.74, 6) is 0.0697. The Balaban J connectivity index is 2.09. The fourth-order valence-electron chi connectivity index (χ4n) is 2.99. The molecule has 20 heavy (non-hydrogen) atoms. The Morgan fingerprint density at radius 2 is 2.25 bits per heavy atom. The largest absolute Gasteiger partial charge is 0.384 e. The predicted molar refractivity (Wildman–Crippen MR) is 85.4 cm³/mol. The van der Waals surface area contributed by atoms with E-state index in [1.54, 1.807) is 6.07 Å². The summed E-state index contributed by atoms with van der Waals surface area (Å²) in [6.07, 6.45) is 6.43. The van der Waals surface area contributed by atoms with Gasteiger partial charge in [-0.15, -0.1) is 0 Å². The Morgan fingerprint density at radius 1 is 1.45 bits per heavy atom. The van der Waals surface area contributed by atoms with Crippen molar-refractivity contribution in [2.75, 3.05) is 6.54 Å². The number of nitrogens with zero attached hydrogens (tertiary/aromatic N) is 1. The molecule has 0 aromatic heterocycles. The number of piperidine rings is 1. The van der Waals surface area contributed by atoms with E-state index in [-0.39, 0.29) is 5.84 Å². The van der Waals surface area contributed by atoms with Crippen molar-refractivity contribution in [2.24, 2.45) is 5.73 Å². The molecule has 2 rings (SSSR count). The molecule has 1 aromatic rings. The average molecular weight is 294 g/mol. The van der Waals surface area contributed by atoms with E-state index in [4.69, 9.17) is 22.7 Å². The first kappa shape index (κ1) is 15.3. The van der Waals surface area contributed by atoms with E-state index in [9.17, 15) is 0 Å². The summed E-state index contributed by atoms with van der Waals surface area (Å²) in [5, 5.41) is 8.17.